The van der Waals surface area contributed by atoms with E-state index in [0.29, 0.717) is 41.8 Å². The van der Waals surface area contributed by atoms with Crippen LogP contribution in [0.3, 0.4) is 0 Å². The predicted molar refractivity (Wildman–Crippen MR) is 129 cm³/mol. The van der Waals surface area contributed by atoms with Crippen molar-refractivity contribution in [2.24, 2.45) is 5.10 Å². The van der Waals surface area contributed by atoms with Crippen LogP contribution in [0.15, 0.2) is 39.9 Å². The number of aromatic nitrogens is 3. The summed E-state index contributed by atoms with van der Waals surface area (Å²) in [7, 11) is 0. The molecule has 2 saturated heterocycles. The highest BCUT2D eigenvalue weighted by Crippen LogP contribution is 2.28. The Kier molecular flexibility index (Phi) is 6.41. The van der Waals surface area contributed by atoms with E-state index >= 15 is 0 Å². The summed E-state index contributed by atoms with van der Waals surface area (Å²) < 4.78 is 11.4. The number of furan rings is 1. The summed E-state index contributed by atoms with van der Waals surface area (Å²) >= 11 is 6.14. The highest BCUT2D eigenvalue weighted by molar-refractivity contribution is 6.30. The molecule has 0 aliphatic carbocycles. The van der Waals surface area contributed by atoms with E-state index in [1.807, 2.05) is 37.3 Å². The van der Waals surface area contributed by atoms with Crippen LogP contribution in [0.4, 0.5) is 17.8 Å². The molecule has 0 amide bonds. The van der Waals surface area contributed by atoms with Gasteiger partial charge < -0.3 is 19.0 Å². The molecule has 0 spiro atoms. The Morgan fingerprint density at radius 3 is 2.45 bits per heavy atom. The van der Waals surface area contributed by atoms with E-state index in [-0.39, 0.29) is 0 Å². The molecule has 0 radical (unpaired) electrons. The van der Waals surface area contributed by atoms with Crippen LogP contribution in [-0.2, 0) is 4.74 Å². The molecule has 0 unspecified atom stereocenters. The van der Waals surface area contributed by atoms with E-state index in [1.54, 1.807) is 6.21 Å². The van der Waals surface area contributed by atoms with Gasteiger partial charge >= 0.3 is 0 Å². The van der Waals surface area contributed by atoms with Crippen LogP contribution in [0.5, 0.6) is 0 Å². The summed E-state index contributed by atoms with van der Waals surface area (Å²) in [5.74, 6) is 3.08. The fourth-order valence-corrected chi connectivity index (χ4v) is 4.12. The number of rotatable bonds is 6. The van der Waals surface area contributed by atoms with E-state index in [0.717, 1.165) is 55.9 Å². The van der Waals surface area contributed by atoms with Crippen LogP contribution < -0.4 is 15.2 Å². The molecule has 0 saturated carbocycles. The molecule has 4 heterocycles. The number of benzene rings is 1. The number of hydrogen-bond donors (Lipinski definition) is 1. The second kappa shape index (κ2) is 9.76. The first kappa shape index (κ1) is 21.7. The van der Waals surface area contributed by atoms with Crippen molar-refractivity contribution in [1.29, 1.82) is 0 Å². The third kappa shape index (κ3) is 5.09. The Hall–Kier alpha value is -3.17. The molecule has 2 aliphatic heterocycles. The minimum absolute atomic E-state index is 0.405. The number of hydrazone groups is 1. The molecular weight excluding hydrogens is 442 g/mol. The molecule has 1 N–H and O–H groups in total. The molecule has 0 atom stereocenters. The lowest BCUT2D eigenvalue weighted by Crippen LogP contribution is -2.38. The van der Waals surface area contributed by atoms with Crippen LogP contribution in [0.1, 0.15) is 24.2 Å². The minimum atomic E-state index is 0.405. The summed E-state index contributed by atoms with van der Waals surface area (Å²) in [4.78, 5) is 18.2. The Labute approximate surface area is 197 Å². The normalized spacial score (nSPS) is 16.7. The average Bonchev–Trinajstić information content (AvgIpc) is 3.54. The molecule has 1 aromatic carbocycles. The first-order chi connectivity index (χ1) is 16.2. The van der Waals surface area contributed by atoms with Gasteiger partial charge in [-0.15, -0.1) is 0 Å². The number of ether oxygens (including phenoxy) is 1. The molecule has 33 heavy (non-hydrogen) atoms. The molecule has 9 nitrogen and oxygen atoms in total. The molecule has 172 valence electrons. The highest BCUT2D eigenvalue weighted by Gasteiger charge is 2.21. The van der Waals surface area contributed by atoms with Gasteiger partial charge in [0.1, 0.15) is 11.5 Å². The van der Waals surface area contributed by atoms with Gasteiger partial charge in [0.05, 0.1) is 19.4 Å². The van der Waals surface area contributed by atoms with Gasteiger partial charge in [-0.05, 0) is 49.6 Å². The van der Waals surface area contributed by atoms with Crippen LogP contribution in [-0.4, -0.2) is 60.6 Å². The van der Waals surface area contributed by atoms with E-state index in [9.17, 15) is 0 Å². The largest absolute Gasteiger partial charge is 0.455 e. The fraction of sp³-hybridized carbons (Fsp3) is 0.391. The third-order valence-corrected chi connectivity index (χ3v) is 5.98. The van der Waals surface area contributed by atoms with Gasteiger partial charge in [-0.2, -0.15) is 20.1 Å². The van der Waals surface area contributed by atoms with E-state index in [2.05, 4.69) is 30.3 Å². The number of hydrogen-bond acceptors (Lipinski definition) is 9. The number of nitrogens with zero attached hydrogens (tertiary/aromatic N) is 6. The topological polar surface area (TPSA) is 91.9 Å². The van der Waals surface area contributed by atoms with Crippen LogP contribution in [0.2, 0.25) is 5.02 Å². The number of aryl methyl sites for hydroxylation is 1. The number of halogens is 1. The van der Waals surface area contributed by atoms with Crippen molar-refractivity contribution >= 4 is 35.7 Å². The molecule has 2 aromatic heterocycles. The maximum absolute atomic E-state index is 6.14. The zero-order valence-corrected chi connectivity index (χ0v) is 19.3. The highest BCUT2D eigenvalue weighted by atomic mass is 35.5. The molecular formula is C23H26ClN7O2. The zero-order chi connectivity index (χ0) is 22.6. The number of nitrogens with one attached hydrogen (secondary N) is 1. The number of anilines is 3. The lowest BCUT2D eigenvalue weighted by molar-refractivity contribution is 0.122. The van der Waals surface area contributed by atoms with Crippen molar-refractivity contribution in [3.8, 4) is 11.3 Å². The summed E-state index contributed by atoms with van der Waals surface area (Å²) in [5, 5.41) is 4.97. The second-order valence-electron chi connectivity index (χ2n) is 8.08. The average molecular weight is 468 g/mol. The van der Waals surface area contributed by atoms with Gasteiger partial charge in [0.2, 0.25) is 17.8 Å². The lowest BCUT2D eigenvalue weighted by atomic mass is 10.1. The first-order valence-electron chi connectivity index (χ1n) is 11.1. The zero-order valence-electron chi connectivity index (χ0n) is 18.5. The Bertz CT molecular complexity index is 1140. The van der Waals surface area contributed by atoms with E-state index in [1.165, 1.54) is 0 Å². The van der Waals surface area contributed by atoms with Gasteiger partial charge in [0.25, 0.3) is 0 Å². The van der Waals surface area contributed by atoms with Crippen molar-refractivity contribution in [3.63, 3.8) is 0 Å². The SMILES string of the molecule is Cc1ccc(Cl)cc1-c1ccc(C=NNc2nc(N3CCCC3)nc(N3CCOCC3)n2)o1. The van der Waals surface area contributed by atoms with Gasteiger partial charge in [0.15, 0.2) is 0 Å². The maximum atomic E-state index is 6.14. The van der Waals surface area contributed by atoms with Crippen molar-refractivity contribution in [3.05, 3.63) is 46.7 Å². The molecule has 10 heteroatoms. The first-order valence-corrected chi connectivity index (χ1v) is 11.5. The van der Waals surface area contributed by atoms with Crippen molar-refractivity contribution in [1.82, 2.24) is 15.0 Å². The quantitative estimate of drug-likeness (QED) is 0.430. The summed E-state index contributed by atoms with van der Waals surface area (Å²) in [6.45, 7) is 6.76. The van der Waals surface area contributed by atoms with E-state index in [4.69, 9.17) is 25.7 Å². The Balaban J connectivity index is 1.34. The van der Waals surface area contributed by atoms with Crippen LogP contribution >= 0.6 is 11.6 Å². The molecule has 3 aromatic rings. The Morgan fingerprint density at radius 1 is 0.970 bits per heavy atom. The van der Waals surface area contributed by atoms with Crippen molar-refractivity contribution < 1.29 is 9.15 Å². The number of morpholine rings is 1. The summed E-state index contributed by atoms with van der Waals surface area (Å²) in [6, 6.07) is 9.51. The maximum Gasteiger partial charge on any atom is 0.250 e. The smallest absolute Gasteiger partial charge is 0.250 e. The standard InChI is InChI=1S/C23H26ClN7O2/c1-16-4-5-17(24)14-19(16)20-7-6-18(33-20)15-25-29-21-26-22(30-8-2-3-9-30)28-23(27-21)31-10-12-32-13-11-31/h4-7,14-15H,2-3,8-13H2,1H3,(H,26,27,28,29). The van der Waals surface area contributed by atoms with Gasteiger partial charge in [-0.3, -0.25) is 0 Å². The Morgan fingerprint density at radius 2 is 1.70 bits per heavy atom. The van der Waals surface area contributed by atoms with Gasteiger partial charge in [-0.25, -0.2) is 5.43 Å². The van der Waals surface area contributed by atoms with Crippen LogP contribution in [0, 0.1) is 6.92 Å². The van der Waals surface area contributed by atoms with Crippen LogP contribution in [0.25, 0.3) is 11.3 Å². The lowest BCUT2D eigenvalue weighted by Gasteiger charge is -2.27. The predicted octanol–water partition coefficient (Wildman–Crippen LogP) is 3.98. The molecule has 0 bridgehead atoms. The van der Waals surface area contributed by atoms with Crippen molar-refractivity contribution in [2.45, 2.75) is 19.8 Å². The fourth-order valence-electron chi connectivity index (χ4n) is 3.95. The monoisotopic (exact) mass is 467 g/mol. The molecule has 2 fully saturated rings. The van der Waals surface area contributed by atoms with Crippen molar-refractivity contribution in [2.75, 3.05) is 54.6 Å². The van der Waals surface area contributed by atoms with Gasteiger partial charge in [0, 0.05) is 36.8 Å². The minimum Gasteiger partial charge on any atom is -0.455 e. The second-order valence-corrected chi connectivity index (χ2v) is 8.52. The summed E-state index contributed by atoms with van der Waals surface area (Å²) in [6.07, 6.45) is 3.90. The molecule has 2 aliphatic rings. The van der Waals surface area contributed by atoms with Gasteiger partial charge in [-0.1, -0.05) is 17.7 Å². The van der Waals surface area contributed by atoms with E-state index < -0.39 is 0 Å². The molecule has 5 rings (SSSR count). The third-order valence-electron chi connectivity index (χ3n) is 5.74. The summed E-state index contributed by atoms with van der Waals surface area (Å²) in [5.41, 5.74) is 4.99.